The molecule has 2 atom stereocenters. The second-order valence-corrected chi connectivity index (χ2v) is 12.6. The van der Waals surface area contributed by atoms with Crippen molar-refractivity contribution in [2.45, 2.75) is 37.4 Å². The fourth-order valence-corrected chi connectivity index (χ4v) is 6.67. The molecule has 1 saturated carbocycles. The molecule has 7 nitrogen and oxygen atoms in total. The molecule has 1 aromatic carbocycles. The summed E-state index contributed by atoms with van der Waals surface area (Å²) in [5.74, 6) is 0.428. The van der Waals surface area contributed by atoms with Gasteiger partial charge in [0.1, 0.15) is 6.10 Å². The highest BCUT2D eigenvalue weighted by Gasteiger charge is 2.36. The van der Waals surface area contributed by atoms with Gasteiger partial charge in [0.2, 0.25) is 0 Å². The van der Waals surface area contributed by atoms with E-state index in [-0.39, 0.29) is 30.2 Å². The summed E-state index contributed by atoms with van der Waals surface area (Å²) in [5, 5.41) is 1.72. The van der Waals surface area contributed by atoms with Gasteiger partial charge in [-0.2, -0.15) is 8.78 Å². The maximum atomic E-state index is 13.6. The van der Waals surface area contributed by atoms with E-state index < -0.39 is 24.1 Å². The van der Waals surface area contributed by atoms with Gasteiger partial charge in [-0.05, 0) is 53.5 Å². The number of benzene rings is 1. The molecule has 0 spiro atoms. The highest BCUT2D eigenvalue weighted by molar-refractivity contribution is 8.00. The largest absolute Gasteiger partial charge is 0.489 e. The van der Waals surface area contributed by atoms with Gasteiger partial charge in [0.05, 0.1) is 28.1 Å². The topological polar surface area (TPSA) is 78.0 Å². The third kappa shape index (κ3) is 7.90. The first-order valence-electron chi connectivity index (χ1n) is 12.9. The number of rotatable bonds is 13. The maximum absolute atomic E-state index is 13.6. The average molecular weight is 644 g/mol. The van der Waals surface area contributed by atoms with Gasteiger partial charge < -0.3 is 14.2 Å². The molecule has 0 bridgehead atoms. The van der Waals surface area contributed by atoms with E-state index in [2.05, 4.69) is 9.72 Å². The van der Waals surface area contributed by atoms with Gasteiger partial charge >= 0.3 is 12.6 Å². The molecule has 3 aromatic rings. The van der Waals surface area contributed by atoms with Gasteiger partial charge in [-0.25, -0.2) is 4.79 Å². The molecule has 5 rings (SSSR count). The molecule has 0 N–H and O–H groups in total. The standard InChI is InChI=1S/C28H26Cl2F2N2O5S2/c29-19-12-33-13-20(30)18(19)11-23(17-5-6-22(39-28(31)32)24(10-17)37-15-16-3-4-16)38-27(36)26-34(7-9-41-26)14-21(35)25-2-1-8-40-25/h1-2,5-6,8,10,12-13,16,23,26,28H,3-4,7,9,11,14-15H2. The summed E-state index contributed by atoms with van der Waals surface area (Å²) in [5.41, 5.74) is 0.997. The van der Waals surface area contributed by atoms with E-state index in [4.69, 9.17) is 32.7 Å². The zero-order valence-corrected chi connectivity index (χ0v) is 24.8. The number of nitrogens with zero attached hydrogens (tertiary/aromatic N) is 2. The summed E-state index contributed by atoms with van der Waals surface area (Å²) in [6, 6.07) is 8.02. The number of Topliss-reactive ketones (excluding diaryl/α,β-unsaturated/α-hetero) is 1. The Morgan fingerprint density at radius 3 is 2.59 bits per heavy atom. The van der Waals surface area contributed by atoms with Crippen molar-refractivity contribution in [1.29, 1.82) is 0 Å². The van der Waals surface area contributed by atoms with Crippen LogP contribution in [-0.4, -0.2) is 59.1 Å². The van der Waals surface area contributed by atoms with Gasteiger partial charge in [-0.15, -0.1) is 23.1 Å². The lowest BCUT2D eigenvalue weighted by Crippen LogP contribution is -2.39. The number of hydrogen-bond acceptors (Lipinski definition) is 9. The molecule has 2 aromatic heterocycles. The zero-order valence-electron chi connectivity index (χ0n) is 21.6. The molecule has 13 heteroatoms. The van der Waals surface area contributed by atoms with Gasteiger partial charge in [-0.3, -0.25) is 14.7 Å². The maximum Gasteiger partial charge on any atom is 0.387 e. The summed E-state index contributed by atoms with van der Waals surface area (Å²) in [7, 11) is 0. The van der Waals surface area contributed by atoms with Crippen molar-refractivity contribution in [3.63, 3.8) is 0 Å². The van der Waals surface area contributed by atoms with Crippen LogP contribution < -0.4 is 9.47 Å². The number of pyridine rings is 1. The number of thiophene rings is 1. The summed E-state index contributed by atoms with van der Waals surface area (Å²) < 4.78 is 42.8. The third-order valence-electron chi connectivity index (χ3n) is 6.66. The Hall–Kier alpha value is -2.44. The minimum atomic E-state index is -3.03. The molecule has 0 amide bonds. The number of alkyl halides is 2. The van der Waals surface area contributed by atoms with Crippen molar-refractivity contribution in [2.24, 2.45) is 5.92 Å². The lowest BCUT2D eigenvalue weighted by Gasteiger charge is -2.26. The number of carbonyl (C=O) groups excluding carboxylic acids is 2. The number of halogens is 4. The van der Waals surface area contributed by atoms with E-state index in [1.54, 1.807) is 23.1 Å². The van der Waals surface area contributed by atoms with E-state index in [0.29, 0.717) is 50.9 Å². The van der Waals surface area contributed by atoms with Crippen molar-refractivity contribution in [3.05, 3.63) is 74.2 Å². The van der Waals surface area contributed by atoms with Crippen LogP contribution in [0, 0.1) is 5.92 Å². The number of thioether (sulfide) groups is 1. The number of ketones is 1. The molecule has 1 aliphatic heterocycles. The molecule has 218 valence electrons. The predicted molar refractivity (Wildman–Crippen MR) is 155 cm³/mol. The summed E-state index contributed by atoms with van der Waals surface area (Å²) in [6.45, 7) is -2.04. The second kappa shape index (κ2) is 13.7. The molecule has 0 radical (unpaired) electrons. The fourth-order valence-electron chi connectivity index (χ4n) is 4.35. The highest BCUT2D eigenvalue weighted by atomic mass is 35.5. The first kappa shape index (κ1) is 30.0. The summed E-state index contributed by atoms with van der Waals surface area (Å²) >= 11 is 15.5. The first-order valence-corrected chi connectivity index (χ1v) is 15.6. The van der Waals surface area contributed by atoms with Crippen molar-refractivity contribution in [3.8, 4) is 11.5 Å². The number of hydrogen-bond donors (Lipinski definition) is 0. The SMILES string of the molecule is O=C(CN1CCSC1C(=O)OC(Cc1c(Cl)cncc1Cl)c1ccc(OC(F)F)c(OCC2CC2)c1)c1cccs1. The van der Waals surface area contributed by atoms with Crippen LogP contribution in [0.15, 0.2) is 48.1 Å². The van der Waals surface area contributed by atoms with Crippen molar-refractivity contribution in [2.75, 3.05) is 25.4 Å². The second-order valence-electron chi connectivity index (χ2n) is 9.64. The van der Waals surface area contributed by atoms with Gasteiger partial charge in [0.25, 0.3) is 0 Å². The quantitative estimate of drug-likeness (QED) is 0.147. The van der Waals surface area contributed by atoms with Crippen molar-refractivity contribution < 1.29 is 32.6 Å². The van der Waals surface area contributed by atoms with Crippen LogP contribution in [0.2, 0.25) is 10.0 Å². The van der Waals surface area contributed by atoms with Crippen molar-refractivity contribution in [1.82, 2.24) is 9.88 Å². The van der Waals surface area contributed by atoms with Crippen LogP contribution in [0.3, 0.4) is 0 Å². The smallest absolute Gasteiger partial charge is 0.387 e. The Kier molecular flexibility index (Phi) is 10.0. The number of esters is 1. The van der Waals surface area contributed by atoms with E-state index >= 15 is 0 Å². The van der Waals surface area contributed by atoms with Crippen LogP contribution in [0.5, 0.6) is 11.5 Å². The van der Waals surface area contributed by atoms with E-state index in [1.165, 1.54) is 41.6 Å². The van der Waals surface area contributed by atoms with Gasteiger partial charge in [0, 0.05) is 31.1 Å². The summed E-state index contributed by atoms with van der Waals surface area (Å²) in [4.78, 5) is 32.7. The Morgan fingerprint density at radius 2 is 1.90 bits per heavy atom. The van der Waals surface area contributed by atoms with Gasteiger partial charge in [0.15, 0.2) is 22.7 Å². The molecule has 3 heterocycles. The van der Waals surface area contributed by atoms with E-state index in [1.807, 2.05) is 11.4 Å². The molecular formula is C28H26Cl2F2N2O5S2. The fraction of sp³-hybridized carbons (Fsp3) is 0.393. The van der Waals surface area contributed by atoms with Crippen molar-refractivity contribution >= 4 is 58.1 Å². The highest BCUT2D eigenvalue weighted by Crippen LogP contribution is 2.38. The number of carbonyl (C=O) groups is 2. The number of ether oxygens (including phenoxy) is 3. The van der Waals surface area contributed by atoms with Crippen LogP contribution in [-0.2, 0) is 16.0 Å². The lowest BCUT2D eigenvalue weighted by molar-refractivity contribution is -0.151. The Balaban J connectivity index is 1.40. The average Bonchev–Trinajstić information content (AvgIpc) is 3.38. The van der Waals surface area contributed by atoms with Crippen LogP contribution in [0.25, 0.3) is 0 Å². The third-order valence-corrected chi connectivity index (χ3v) is 9.44. The van der Waals surface area contributed by atoms with Gasteiger partial charge in [-0.1, -0.05) is 35.3 Å². The Morgan fingerprint density at radius 1 is 1.12 bits per heavy atom. The Bertz CT molecular complexity index is 1360. The molecule has 2 fully saturated rings. The number of aromatic nitrogens is 1. The summed E-state index contributed by atoms with van der Waals surface area (Å²) in [6.07, 6.45) is 4.09. The van der Waals surface area contributed by atoms with Crippen LogP contribution >= 0.6 is 46.3 Å². The minimum absolute atomic E-state index is 0.0701. The normalized spacial score (nSPS) is 17.9. The van der Waals surface area contributed by atoms with E-state index in [9.17, 15) is 18.4 Å². The van der Waals surface area contributed by atoms with E-state index in [0.717, 1.165) is 12.8 Å². The first-order chi connectivity index (χ1) is 19.8. The Labute approximate surface area is 254 Å². The van der Waals surface area contributed by atoms with Crippen LogP contribution in [0.4, 0.5) is 8.78 Å². The molecule has 1 saturated heterocycles. The molecule has 2 unspecified atom stereocenters. The predicted octanol–water partition coefficient (Wildman–Crippen LogP) is 6.92. The molecule has 41 heavy (non-hydrogen) atoms. The molecule has 2 aliphatic rings. The zero-order chi connectivity index (χ0) is 28.9. The molecular weight excluding hydrogens is 617 g/mol. The lowest BCUT2D eigenvalue weighted by atomic mass is 10.0. The monoisotopic (exact) mass is 642 g/mol. The molecule has 1 aliphatic carbocycles. The minimum Gasteiger partial charge on any atom is -0.489 e. The van der Waals surface area contributed by atoms with Crippen LogP contribution in [0.1, 0.15) is 39.7 Å².